The molecular formula is C18H22N4O4S. The van der Waals surface area contributed by atoms with Gasteiger partial charge >= 0.3 is 5.97 Å². The monoisotopic (exact) mass is 390 g/mol. The van der Waals surface area contributed by atoms with Gasteiger partial charge < -0.3 is 14.5 Å². The highest BCUT2D eigenvalue weighted by Crippen LogP contribution is 2.32. The van der Waals surface area contributed by atoms with Crippen molar-refractivity contribution in [1.82, 2.24) is 4.98 Å². The highest BCUT2D eigenvalue weighted by molar-refractivity contribution is 7.15. The van der Waals surface area contributed by atoms with Crippen molar-refractivity contribution in [3.05, 3.63) is 43.9 Å². The Morgan fingerprint density at radius 2 is 1.81 bits per heavy atom. The summed E-state index contributed by atoms with van der Waals surface area (Å²) in [6.07, 6.45) is 0. The summed E-state index contributed by atoms with van der Waals surface area (Å²) >= 11 is 1.70. The van der Waals surface area contributed by atoms with Crippen LogP contribution in [0.5, 0.6) is 0 Å². The minimum Gasteiger partial charge on any atom is -0.465 e. The second-order valence-corrected chi connectivity index (χ2v) is 7.70. The number of hydrogen-bond acceptors (Lipinski definition) is 8. The Labute approximate surface area is 161 Å². The molecule has 1 saturated heterocycles. The van der Waals surface area contributed by atoms with E-state index in [2.05, 4.69) is 21.7 Å². The molecule has 9 heteroatoms. The minimum atomic E-state index is -0.695. The molecule has 0 spiro atoms. The molecule has 144 valence electrons. The van der Waals surface area contributed by atoms with E-state index >= 15 is 0 Å². The fourth-order valence-electron chi connectivity index (χ4n) is 3.20. The second kappa shape index (κ2) is 7.51. The van der Waals surface area contributed by atoms with Crippen molar-refractivity contribution in [2.45, 2.75) is 20.8 Å². The molecule has 0 unspecified atom stereocenters. The third-order valence-corrected chi connectivity index (χ3v) is 5.94. The van der Waals surface area contributed by atoms with E-state index in [1.807, 2.05) is 6.92 Å². The number of nitrogens with zero attached hydrogens (tertiary/aromatic N) is 4. The maximum absolute atomic E-state index is 12.0. The first-order valence-corrected chi connectivity index (χ1v) is 9.44. The Balaban J connectivity index is 1.82. The van der Waals surface area contributed by atoms with Gasteiger partial charge in [0.15, 0.2) is 5.13 Å². The number of aromatic nitrogens is 1. The fourth-order valence-corrected chi connectivity index (χ4v) is 4.16. The van der Waals surface area contributed by atoms with E-state index in [0.717, 1.165) is 42.7 Å². The molecule has 0 amide bonds. The highest BCUT2D eigenvalue weighted by Gasteiger charge is 2.27. The van der Waals surface area contributed by atoms with Crippen LogP contribution in [0.15, 0.2) is 12.1 Å². The van der Waals surface area contributed by atoms with E-state index in [1.54, 1.807) is 30.4 Å². The van der Waals surface area contributed by atoms with Crippen LogP contribution in [0, 0.1) is 30.9 Å². The molecule has 1 aromatic heterocycles. The van der Waals surface area contributed by atoms with Crippen LogP contribution < -0.4 is 9.80 Å². The van der Waals surface area contributed by atoms with Gasteiger partial charge in [-0.25, -0.2) is 9.78 Å². The molecule has 0 radical (unpaired) electrons. The van der Waals surface area contributed by atoms with E-state index in [4.69, 9.17) is 4.74 Å². The molecule has 0 bridgehead atoms. The largest absolute Gasteiger partial charge is 0.465 e. The standard InChI is InChI=1S/C18H22N4O4S/c1-11-9-14(10-15(17(23)26-4)16(11)22(24)25)20-5-7-21(8-6-20)18-19-12(2)13(3)27-18/h9-10H,5-8H2,1-4H3. The molecule has 1 aromatic carbocycles. The van der Waals surface area contributed by atoms with Gasteiger partial charge in [-0.05, 0) is 32.9 Å². The maximum Gasteiger partial charge on any atom is 0.344 e. The van der Waals surface area contributed by atoms with Gasteiger partial charge in [-0.1, -0.05) is 0 Å². The zero-order valence-electron chi connectivity index (χ0n) is 15.8. The number of rotatable bonds is 4. The zero-order chi connectivity index (χ0) is 19.7. The number of methoxy groups -OCH3 is 1. The van der Waals surface area contributed by atoms with Gasteiger partial charge in [0.2, 0.25) is 0 Å². The molecule has 1 aliphatic rings. The predicted molar refractivity (Wildman–Crippen MR) is 105 cm³/mol. The van der Waals surface area contributed by atoms with Crippen LogP contribution >= 0.6 is 11.3 Å². The number of ether oxygens (including phenoxy) is 1. The van der Waals surface area contributed by atoms with E-state index in [0.29, 0.717) is 5.56 Å². The fraction of sp³-hybridized carbons (Fsp3) is 0.444. The SMILES string of the molecule is COC(=O)c1cc(N2CCN(c3nc(C)c(C)s3)CC2)cc(C)c1[N+](=O)[O-]. The van der Waals surface area contributed by atoms with Crippen molar-refractivity contribution >= 4 is 33.8 Å². The van der Waals surface area contributed by atoms with Crippen molar-refractivity contribution in [3.63, 3.8) is 0 Å². The van der Waals surface area contributed by atoms with Crippen molar-refractivity contribution in [3.8, 4) is 0 Å². The van der Waals surface area contributed by atoms with Crippen molar-refractivity contribution in [2.24, 2.45) is 0 Å². The number of esters is 1. The summed E-state index contributed by atoms with van der Waals surface area (Å²) in [4.78, 5) is 33.1. The first kappa shape index (κ1) is 19.1. The van der Waals surface area contributed by atoms with E-state index in [9.17, 15) is 14.9 Å². The molecule has 8 nitrogen and oxygen atoms in total. The first-order chi connectivity index (χ1) is 12.8. The molecule has 0 N–H and O–H groups in total. The lowest BCUT2D eigenvalue weighted by Gasteiger charge is -2.36. The number of nitro groups is 1. The summed E-state index contributed by atoms with van der Waals surface area (Å²) in [6, 6.07) is 3.32. The predicted octanol–water partition coefficient (Wildman–Crippen LogP) is 3.09. The third kappa shape index (κ3) is 3.73. The molecule has 0 saturated carbocycles. The molecule has 2 heterocycles. The van der Waals surface area contributed by atoms with Crippen LogP contribution in [0.25, 0.3) is 0 Å². The highest BCUT2D eigenvalue weighted by atomic mass is 32.1. The number of aryl methyl sites for hydroxylation is 3. The van der Waals surface area contributed by atoms with Crippen molar-refractivity contribution in [2.75, 3.05) is 43.1 Å². The normalized spacial score (nSPS) is 14.4. The number of thiazole rings is 1. The Kier molecular flexibility index (Phi) is 5.31. The quantitative estimate of drug-likeness (QED) is 0.450. The molecule has 1 fully saturated rings. The smallest absolute Gasteiger partial charge is 0.344 e. The maximum atomic E-state index is 12.0. The lowest BCUT2D eigenvalue weighted by atomic mass is 10.1. The Hall–Kier alpha value is -2.68. The van der Waals surface area contributed by atoms with Gasteiger partial charge in [0.1, 0.15) is 5.56 Å². The molecule has 2 aromatic rings. The number of piperazine rings is 1. The number of nitro benzene ring substituents is 1. The summed E-state index contributed by atoms with van der Waals surface area (Å²) in [7, 11) is 1.23. The van der Waals surface area contributed by atoms with Gasteiger partial charge in [0.25, 0.3) is 5.69 Å². The average Bonchev–Trinajstić information content (AvgIpc) is 2.99. The summed E-state index contributed by atoms with van der Waals surface area (Å²) in [5, 5.41) is 12.4. The van der Waals surface area contributed by atoms with E-state index in [-0.39, 0.29) is 11.3 Å². The van der Waals surface area contributed by atoms with E-state index < -0.39 is 10.9 Å². The average molecular weight is 390 g/mol. The summed E-state index contributed by atoms with van der Waals surface area (Å²) in [6.45, 7) is 8.82. The zero-order valence-corrected chi connectivity index (χ0v) is 16.6. The van der Waals surface area contributed by atoms with Crippen LogP contribution in [0.4, 0.5) is 16.5 Å². The lowest BCUT2D eigenvalue weighted by molar-refractivity contribution is -0.385. The number of carbonyl (C=O) groups excluding carboxylic acids is 1. The Bertz CT molecular complexity index is 868. The van der Waals surface area contributed by atoms with Gasteiger partial charge in [0, 0.05) is 42.3 Å². The molecule has 0 atom stereocenters. The Morgan fingerprint density at radius 1 is 1.19 bits per heavy atom. The minimum absolute atomic E-state index is 0.00824. The number of anilines is 2. The molecule has 3 rings (SSSR count). The van der Waals surface area contributed by atoms with Crippen LogP contribution in [0.3, 0.4) is 0 Å². The number of benzene rings is 1. The van der Waals surface area contributed by atoms with Crippen molar-refractivity contribution in [1.29, 1.82) is 0 Å². The van der Waals surface area contributed by atoms with Crippen molar-refractivity contribution < 1.29 is 14.5 Å². The first-order valence-electron chi connectivity index (χ1n) is 8.63. The Morgan fingerprint density at radius 3 is 2.33 bits per heavy atom. The summed E-state index contributed by atoms with van der Waals surface area (Å²) in [5.74, 6) is -0.695. The van der Waals surface area contributed by atoms with Crippen LogP contribution in [-0.4, -0.2) is 49.2 Å². The van der Waals surface area contributed by atoms with Crippen LogP contribution in [0.2, 0.25) is 0 Å². The third-order valence-electron chi connectivity index (χ3n) is 4.81. The van der Waals surface area contributed by atoms with Gasteiger partial charge in [-0.15, -0.1) is 11.3 Å². The second-order valence-electron chi connectivity index (χ2n) is 6.52. The molecular weight excluding hydrogens is 368 g/mol. The topological polar surface area (TPSA) is 88.8 Å². The van der Waals surface area contributed by atoms with Gasteiger partial charge in [-0.2, -0.15) is 0 Å². The molecule has 1 aliphatic heterocycles. The number of carbonyl (C=O) groups is 1. The van der Waals surface area contributed by atoms with Crippen LogP contribution in [-0.2, 0) is 4.74 Å². The molecule has 27 heavy (non-hydrogen) atoms. The molecule has 0 aliphatic carbocycles. The summed E-state index contributed by atoms with van der Waals surface area (Å²) < 4.78 is 4.74. The number of hydrogen-bond donors (Lipinski definition) is 0. The van der Waals surface area contributed by atoms with E-state index in [1.165, 1.54) is 12.0 Å². The van der Waals surface area contributed by atoms with Crippen LogP contribution in [0.1, 0.15) is 26.5 Å². The van der Waals surface area contributed by atoms with Gasteiger partial charge in [0.05, 0.1) is 17.7 Å². The summed E-state index contributed by atoms with van der Waals surface area (Å²) in [5.41, 5.74) is 2.10. The van der Waals surface area contributed by atoms with Gasteiger partial charge in [-0.3, -0.25) is 10.1 Å². The lowest BCUT2D eigenvalue weighted by Crippen LogP contribution is -2.46.